The number of amides is 1. The van der Waals surface area contributed by atoms with Crippen molar-refractivity contribution in [3.63, 3.8) is 0 Å². The van der Waals surface area contributed by atoms with Crippen molar-refractivity contribution in [3.8, 4) is 0 Å². The Balaban J connectivity index is 1.90. The van der Waals surface area contributed by atoms with E-state index in [2.05, 4.69) is 22.2 Å². The quantitative estimate of drug-likeness (QED) is 0.881. The summed E-state index contributed by atoms with van der Waals surface area (Å²) in [6.45, 7) is 2.54. The predicted octanol–water partition coefficient (Wildman–Crippen LogP) is 1.66. The molecule has 16 heavy (non-hydrogen) atoms. The maximum atomic E-state index is 11.5. The molecule has 2 rings (SSSR count). The van der Waals surface area contributed by atoms with Crippen LogP contribution < -0.4 is 5.32 Å². The Labute approximate surface area is 97.2 Å². The van der Waals surface area contributed by atoms with Crippen molar-refractivity contribution in [2.24, 2.45) is 0 Å². The number of carbonyl (C=O) groups is 1. The number of imidazole rings is 1. The molecule has 1 N–H and O–H groups in total. The topological polar surface area (TPSA) is 59.8 Å². The molecule has 2 heterocycles. The number of nitrogens with one attached hydrogen (secondary N) is 1. The van der Waals surface area contributed by atoms with Crippen molar-refractivity contribution in [2.75, 3.05) is 0 Å². The molecule has 0 bridgehead atoms. The minimum atomic E-state index is -0.189. The van der Waals surface area contributed by atoms with E-state index in [0.29, 0.717) is 6.54 Å². The fraction of sp³-hybridized carbons (Fsp3) is 0.300. The van der Waals surface area contributed by atoms with E-state index in [-0.39, 0.29) is 6.03 Å². The molecule has 2 aromatic heterocycles. The zero-order valence-electron chi connectivity index (χ0n) is 8.88. The summed E-state index contributed by atoms with van der Waals surface area (Å²) in [5.41, 5.74) is 0. The molecule has 0 aliphatic heterocycles. The summed E-state index contributed by atoms with van der Waals surface area (Å²) in [4.78, 5) is 20.8. The van der Waals surface area contributed by atoms with Crippen LogP contribution in [0.2, 0.25) is 0 Å². The van der Waals surface area contributed by atoms with Crippen LogP contribution in [-0.2, 0) is 13.0 Å². The van der Waals surface area contributed by atoms with E-state index in [4.69, 9.17) is 0 Å². The van der Waals surface area contributed by atoms with Gasteiger partial charge in [0.1, 0.15) is 11.3 Å². The molecular formula is C10H12N4OS. The molecule has 2 aromatic rings. The number of thiazole rings is 1. The van der Waals surface area contributed by atoms with E-state index in [1.807, 2.05) is 6.20 Å². The van der Waals surface area contributed by atoms with Crippen LogP contribution in [0.15, 0.2) is 24.9 Å². The molecule has 0 atom stereocenters. The van der Waals surface area contributed by atoms with E-state index in [1.54, 1.807) is 23.7 Å². The van der Waals surface area contributed by atoms with Crippen LogP contribution in [0.1, 0.15) is 16.8 Å². The number of aryl methyl sites for hydroxylation is 1. The summed E-state index contributed by atoms with van der Waals surface area (Å²) in [5, 5.41) is 3.69. The van der Waals surface area contributed by atoms with Gasteiger partial charge in [0.15, 0.2) is 0 Å². The highest BCUT2D eigenvalue weighted by Crippen LogP contribution is 2.12. The molecule has 5 nitrogen and oxygen atoms in total. The summed E-state index contributed by atoms with van der Waals surface area (Å²) >= 11 is 1.62. The van der Waals surface area contributed by atoms with Crippen LogP contribution in [0.3, 0.4) is 0 Å². The Morgan fingerprint density at radius 3 is 3.12 bits per heavy atom. The van der Waals surface area contributed by atoms with Gasteiger partial charge >= 0.3 is 6.03 Å². The number of rotatable bonds is 3. The van der Waals surface area contributed by atoms with Crippen molar-refractivity contribution < 1.29 is 4.79 Å². The lowest BCUT2D eigenvalue weighted by molar-refractivity contribution is 0.242. The van der Waals surface area contributed by atoms with Gasteiger partial charge in [0.05, 0.1) is 6.54 Å². The lowest BCUT2D eigenvalue weighted by atomic mass is 10.4. The Morgan fingerprint density at radius 1 is 1.62 bits per heavy atom. The first-order valence-electron chi connectivity index (χ1n) is 4.99. The highest BCUT2D eigenvalue weighted by atomic mass is 32.1. The SMILES string of the molecule is CCc1cnc(CNC(=O)n2ccnc2)s1. The molecule has 0 saturated carbocycles. The number of hydrogen-bond acceptors (Lipinski definition) is 4. The minimum Gasteiger partial charge on any atom is -0.331 e. The predicted molar refractivity (Wildman–Crippen MR) is 61.4 cm³/mol. The summed E-state index contributed by atoms with van der Waals surface area (Å²) in [6, 6.07) is -0.189. The summed E-state index contributed by atoms with van der Waals surface area (Å²) in [7, 11) is 0. The van der Waals surface area contributed by atoms with E-state index in [1.165, 1.54) is 15.8 Å². The highest BCUT2D eigenvalue weighted by molar-refractivity contribution is 7.11. The first-order chi connectivity index (χ1) is 7.79. The fourth-order valence-corrected chi connectivity index (χ4v) is 2.02. The third-order valence-electron chi connectivity index (χ3n) is 2.08. The van der Waals surface area contributed by atoms with E-state index in [9.17, 15) is 4.79 Å². The second-order valence-corrected chi connectivity index (χ2v) is 4.40. The van der Waals surface area contributed by atoms with Gasteiger partial charge in [0.2, 0.25) is 0 Å². The minimum absolute atomic E-state index is 0.189. The van der Waals surface area contributed by atoms with Gasteiger partial charge in [-0.15, -0.1) is 11.3 Å². The molecule has 1 amide bonds. The molecule has 0 saturated heterocycles. The molecule has 6 heteroatoms. The third-order valence-corrected chi connectivity index (χ3v) is 3.22. The second-order valence-electron chi connectivity index (χ2n) is 3.20. The highest BCUT2D eigenvalue weighted by Gasteiger charge is 2.05. The maximum absolute atomic E-state index is 11.5. The lowest BCUT2D eigenvalue weighted by Gasteiger charge is -2.02. The van der Waals surface area contributed by atoms with Crippen LogP contribution in [0.4, 0.5) is 4.79 Å². The van der Waals surface area contributed by atoms with Gasteiger partial charge in [-0.25, -0.2) is 14.8 Å². The molecule has 0 aliphatic rings. The monoisotopic (exact) mass is 236 g/mol. The van der Waals surface area contributed by atoms with Gasteiger partial charge < -0.3 is 5.32 Å². The Bertz CT molecular complexity index is 463. The van der Waals surface area contributed by atoms with Gasteiger partial charge in [0, 0.05) is 23.5 Å². The van der Waals surface area contributed by atoms with Crippen LogP contribution in [0.25, 0.3) is 0 Å². The van der Waals surface area contributed by atoms with Crippen LogP contribution >= 0.6 is 11.3 Å². The summed E-state index contributed by atoms with van der Waals surface area (Å²) < 4.78 is 1.40. The first-order valence-corrected chi connectivity index (χ1v) is 5.81. The van der Waals surface area contributed by atoms with Gasteiger partial charge in [-0.1, -0.05) is 6.92 Å². The van der Waals surface area contributed by atoms with Gasteiger partial charge in [-0.05, 0) is 6.42 Å². The van der Waals surface area contributed by atoms with E-state index < -0.39 is 0 Å². The number of nitrogens with zero attached hydrogens (tertiary/aromatic N) is 3. The average Bonchev–Trinajstić information content (AvgIpc) is 2.96. The zero-order chi connectivity index (χ0) is 11.4. The van der Waals surface area contributed by atoms with E-state index >= 15 is 0 Å². The normalized spacial score (nSPS) is 10.3. The lowest BCUT2D eigenvalue weighted by Crippen LogP contribution is -2.26. The second kappa shape index (κ2) is 4.89. The fourth-order valence-electron chi connectivity index (χ4n) is 1.21. The Morgan fingerprint density at radius 2 is 2.50 bits per heavy atom. The standard InChI is InChI=1S/C10H12N4OS/c1-2-8-5-12-9(16-8)6-13-10(15)14-4-3-11-7-14/h3-5,7H,2,6H2,1H3,(H,13,15). The van der Waals surface area contributed by atoms with Gasteiger partial charge in [0.25, 0.3) is 0 Å². The molecule has 84 valence electrons. The molecule has 0 unspecified atom stereocenters. The Kier molecular flexibility index (Phi) is 3.31. The first kappa shape index (κ1) is 10.8. The average molecular weight is 236 g/mol. The van der Waals surface area contributed by atoms with Crippen molar-refractivity contribution >= 4 is 17.4 Å². The third kappa shape index (κ3) is 2.46. The van der Waals surface area contributed by atoms with Crippen molar-refractivity contribution in [2.45, 2.75) is 19.9 Å². The number of hydrogen-bond donors (Lipinski definition) is 1. The van der Waals surface area contributed by atoms with Crippen molar-refractivity contribution in [1.82, 2.24) is 19.9 Å². The Hall–Kier alpha value is -1.69. The maximum Gasteiger partial charge on any atom is 0.327 e. The van der Waals surface area contributed by atoms with Crippen molar-refractivity contribution in [1.29, 1.82) is 0 Å². The van der Waals surface area contributed by atoms with Gasteiger partial charge in [-0.2, -0.15) is 0 Å². The smallest absolute Gasteiger partial charge is 0.327 e. The molecule has 0 fully saturated rings. The van der Waals surface area contributed by atoms with E-state index in [0.717, 1.165) is 11.4 Å². The van der Waals surface area contributed by atoms with Crippen LogP contribution in [-0.4, -0.2) is 20.6 Å². The van der Waals surface area contributed by atoms with Crippen LogP contribution in [0.5, 0.6) is 0 Å². The molecule has 0 aromatic carbocycles. The zero-order valence-corrected chi connectivity index (χ0v) is 9.70. The molecule has 0 spiro atoms. The van der Waals surface area contributed by atoms with Gasteiger partial charge in [-0.3, -0.25) is 4.57 Å². The summed E-state index contributed by atoms with van der Waals surface area (Å²) in [5.74, 6) is 0. The molecule has 0 radical (unpaired) electrons. The number of carbonyl (C=O) groups excluding carboxylic acids is 1. The van der Waals surface area contributed by atoms with Crippen LogP contribution in [0, 0.1) is 0 Å². The van der Waals surface area contributed by atoms with Crippen molar-refractivity contribution in [3.05, 3.63) is 34.8 Å². The molecule has 0 aliphatic carbocycles. The largest absolute Gasteiger partial charge is 0.331 e. The number of aromatic nitrogens is 3. The molecular weight excluding hydrogens is 224 g/mol. The summed E-state index contributed by atoms with van der Waals surface area (Å²) in [6.07, 6.45) is 7.47.